The highest BCUT2D eigenvalue weighted by atomic mass is 32.1. The molecule has 2 heterocycles. The highest BCUT2D eigenvalue weighted by Crippen LogP contribution is 2.18. The van der Waals surface area contributed by atoms with E-state index in [0.717, 1.165) is 17.9 Å². The van der Waals surface area contributed by atoms with Crippen LogP contribution in [-0.2, 0) is 6.42 Å². The van der Waals surface area contributed by atoms with Gasteiger partial charge in [0.15, 0.2) is 0 Å². The molecule has 0 saturated heterocycles. The van der Waals surface area contributed by atoms with Crippen LogP contribution < -0.4 is 0 Å². The Morgan fingerprint density at radius 2 is 2.23 bits per heavy atom. The van der Waals surface area contributed by atoms with Crippen LogP contribution in [0, 0.1) is 13.8 Å². The summed E-state index contributed by atoms with van der Waals surface area (Å²) >= 11 is 1.81. The van der Waals surface area contributed by atoms with Crippen molar-refractivity contribution in [2.24, 2.45) is 0 Å². The Balaban J connectivity index is 2.14. The van der Waals surface area contributed by atoms with Crippen LogP contribution in [0.25, 0.3) is 0 Å². The van der Waals surface area contributed by atoms with Gasteiger partial charge in [-0.2, -0.15) is 0 Å². The molecule has 3 heteroatoms. The second-order valence-electron chi connectivity index (χ2n) is 3.12. The van der Waals surface area contributed by atoms with E-state index in [2.05, 4.69) is 24.2 Å². The summed E-state index contributed by atoms with van der Waals surface area (Å²) < 4.78 is 5.00. The average molecular weight is 193 g/mol. The van der Waals surface area contributed by atoms with Crippen LogP contribution in [0.1, 0.15) is 21.2 Å². The van der Waals surface area contributed by atoms with Gasteiger partial charge in [0.2, 0.25) is 0 Å². The van der Waals surface area contributed by atoms with Gasteiger partial charge in [0.05, 0.1) is 5.69 Å². The monoisotopic (exact) mass is 193 g/mol. The second-order valence-corrected chi connectivity index (χ2v) is 4.49. The molecule has 2 aromatic heterocycles. The highest BCUT2D eigenvalue weighted by Gasteiger charge is 2.03. The van der Waals surface area contributed by atoms with Gasteiger partial charge in [0.25, 0.3) is 0 Å². The molecule has 0 N–H and O–H groups in total. The first-order chi connectivity index (χ1) is 6.24. The molecular formula is C10H11NOS. The van der Waals surface area contributed by atoms with Crippen molar-refractivity contribution in [3.63, 3.8) is 0 Å². The van der Waals surface area contributed by atoms with Crippen molar-refractivity contribution in [3.8, 4) is 0 Å². The summed E-state index contributed by atoms with van der Waals surface area (Å²) in [6.45, 7) is 4.03. The van der Waals surface area contributed by atoms with Crippen LogP contribution in [0.4, 0.5) is 0 Å². The molecule has 0 atom stereocenters. The predicted molar refractivity (Wildman–Crippen MR) is 53.1 cm³/mol. The highest BCUT2D eigenvalue weighted by molar-refractivity contribution is 7.11. The molecule has 0 aliphatic rings. The Morgan fingerprint density at radius 3 is 2.77 bits per heavy atom. The van der Waals surface area contributed by atoms with Crippen molar-refractivity contribution in [2.45, 2.75) is 20.3 Å². The summed E-state index contributed by atoms with van der Waals surface area (Å²) in [6, 6.07) is 6.26. The van der Waals surface area contributed by atoms with E-state index in [1.807, 2.05) is 24.3 Å². The summed E-state index contributed by atoms with van der Waals surface area (Å²) in [5.74, 6) is 0.878. The lowest BCUT2D eigenvalue weighted by Crippen LogP contribution is -1.82. The molecule has 0 aliphatic carbocycles. The van der Waals surface area contributed by atoms with Crippen LogP contribution >= 0.6 is 11.3 Å². The number of hydrogen-bond acceptors (Lipinski definition) is 3. The SMILES string of the molecule is Cc1cc(Cc2ccc(C)s2)no1. The first-order valence-electron chi connectivity index (χ1n) is 4.21. The van der Waals surface area contributed by atoms with Gasteiger partial charge in [-0.3, -0.25) is 0 Å². The molecule has 0 spiro atoms. The zero-order chi connectivity index (χ0) is 9.26. The van der Waals surface area contributed by atoms with E-state index in [1.54, 1.807) is 0 Å². The van der Waals surface area contributed by atoms with Gasteiger partial charge in [-0.15, -0.1) is 11.3 Å². The van der Waals surface area contributed by atoms with E-state index in [-0.39, 0.29) is 0 Å². The van der Waals surface area contributed by atoms with Gasteiger partial charge in [-0.25, -0.2) is 0 Å². The van der Waals surface area contributed by atoms with Gasteiger partial charge < -0.3 is 4.52 Å². The van der Waals surface area contributed by atoms with E-state index >= 15 is 0 Å². The molecule has 13 heavy (non-hydrogen) atoms. The molecule has 2 nitrogen and oxygen atoms in total. The number of rotatable bonds is 2. The molecule has 0 radical (unpaired) electrons. The van der Waals surface area contributed by atoms with Crippen molar-refractivity contribution in [1.29, 1.82) is 0 Å². The smallest absolute Gasteiger partial charge is 0.133 e. The van der Waals surface area contributed by atoms with Crippen molar-refractivity contribution >= 4 is 11.3 Å². The Bertz CT molecular complexity index is 364. The number of nitrogens with zero attached hydrogens (tertiary/aromatic N) is 1. The van der Waals surface area contributed by atoms with Crippen LogP contribution in [0.2, 0.25) is 0 Å². The summed E-state index contributed by atoms with van der Waals surface area (Å²) in [6.07, 6.45) is 0.885. The summed E-state index contributed by atoms with van der Waals surface area (Å²) in [5.41, 5.74) is 1.01. The largest absolute Gasteiger partial charge is 0.361 e. The molecule has 0 bridgehead atoms. The van der Waals surface area contributed by atoms with E-state index < -0.39 is 0 Å². The standard InChI is InChI=1S/C10H11NOS/c1-7-5-9(11-12-7)6-10-4-3-8(2)13-10/h3-5H,6H2,1-2H3. The number of aryl methyl sites for hydroxylation is 2. The lowest BCUT2D eigenvalue weighted by Gasteiger charge is -1.88. The zero-order valence-electron chi connectivity index (χ0n) is 7.70. The third kappa shape index (κ3) is 1.98. The van der Waals surface area contributed by atoms with Gasteiger partial charge in [-0.05, 0) is 26.0 Å². The summed E-state index contributed by atoms with van der Waals surface area (Å²) in [5, 5.41) is 3.95. The first-order valence-corrected chi connectivity index (χ1v) is 5.03. The zero-order valence-corrected chi connectivity index (χ0v) is 8.52. The molecule has 0 aliphatic heterocycles. The fourth-order valence-corrected chi connectivity index (χ4v) is 2.17. The maximum atomic E-state index is 5.00. The van der Waals surface area contributed by atoms with E-state index in [4.69, 9.17) is 4.52 Å². The number of hydrogen-bond donors (Lipinski definition) is 0. The minimum Gasteiger partial charge on any atom is -0.361 e. The quantitative estimate of drug-likeness (QED) is 0.733. The molecular weight excluding hydrogens is 182 g/mol. The van der Waals surface area contributed by atoms with Crippen LogP contribution in [0.5, 0.6) is 0 Å². The van der Waals surface area contributed by atoms with Gasteiger partial charge in [0, 0.05) is 22.2 Å². The average Bonchev–Trinajstić information content (AvgIpc) is 2.62. The first kappa shape index (κ1) is 8.51. The normalized spacial score (nSPS) is 10.6. The Kier molecular flexibility index (Phi) is 2.19. The molecule has 0 aromatic carbocycles. The van der Waals surface area contributed by atoms with Gasteiger partial charge in [0.1, 0.15) is 5.76 Å². The van der Waals surface area contributed by atoms with Crippen LogP contribution in [-0.4, -0.2) is 5.16 Å². The van der Waals surface area contributed by atoms with E-state index in [1.165, 1.54) is 9.75 Å². The molecule has 0 saturated carbocycles. The van der Waals surface area contributed by atoms with Crippen molar-refractivity contribution < 1.29 is 4.52 Å². The fourth-order valence-electron chi connectivity index (χ4n) is 1.26. The maximum Gasteiger partial charge on any atom is 0.133 e. The Morgan fingerprint density at radius 1 is 1.38 bits per heavy atom. The molecule has 68 valence electrons. The molecule has 0 fully saturated rings. The minimum absolute atomic E-state index is 0.878. The maximum absolute atomic E-state index is 5.00. The molecule has 2 rings (SSSR count). The van der Waals surface area contributed by atoms with Crippen molar-refractivity contribution in [2.75, 3.05) is 0 Å². The van der Waals surface area contributed by atoms with Gasteiger partial charge >= 0.3 is 0 Å². The van der Waals surface area contributed by atoms with E-state index in [0.29, 0.717) is 0 Å². The molecule has 0 unspecified atom stereocenters. The second kappa shape index (κ2) is 3.34. The van der Waals surface area contributed by atoms with Crippen LogP contribution in [0.15, 0.2) is 22.7 Å². The molecule has 2 aromatic rings. The number of thiophene rings is 1. The lowest BCUT2D eigenvalue weighted by atomic mass is 10.2. The summed E-state index contributed by atoms with van der Waals surface area (Å²) in [4.78, 5) is 2.68. The fraction of sp³-hybridized carbons (Fsp3) is 0.300. The third-order valence-corrected chi connectivity index (χ3v) is 2.83. The molecule has 0 amide bonds. The lowest BCUT2D eigenvalue weighted by molar-refractivity contribution is 0.392. The van der Waals surface area contributed by atoms with Crippen molar-refractivity contribution in [3.05, 3.63) is 39.4 Å². The van der Waals surface area contributed by atoms with Gasteiger partial charge in [-0.1, -0.05) is 5.16 Å². The third-order valence-electron chi connectivity index (χ3n) is 1.83. The topological polar surface area (TPSA) is 26.0 Å². The predicted octanol–water partition coefficient (Wildman–Crippen LogP) is 2.94. The number of aromatic nitrogens is 1. The minimum atomic E-state index is 0.878. The van der Waals surface area contributed by atoms with Crippen molar-refractivity contribution in [1.82, 2.24) is 5.16 Å². The Hall–Kier alpha value is -1.09. The van der Waals surface area contributed by atoms with E-state index in [9.17, 15) is 0 Å². The Labute approximate surface area is 81.2 Å². The van der Waals surface area contributed by atoms with Crippen LogP contribution in [0.3, 0.4) is 0 Å². The summed E-state index contributed by atoms with van der Waals surface area (Å²) in [7, 11) is 0.